The Labute approximate surface area is 180 Å². The fraction of sp³-hybridized carbons (Fsp3) is 0.773. The molecule has 0 saturated heterocycles. The van der Waals surface area contributed by atoms with Gasteiger partial charge in [0.1, 0.15) is 5.78 Å². The third-order valence-corrected chi connectivity index (χ3v) is 7.98. The summed E-state index contributed by atoms with van der Waals surface area (Å²) in [6.45, 7) is 5.95. The van der Waals surface area contributed by atoms with Gasteiger partial charge in [0.15, 0.2) is 8.32 Å². The molecule has 0 aliphatic heterocycles. The van der Waals surface area contributed by atoms with Crippen LogP contribution in [0.25, 0.3) is 0 Å². The molecule has 2 fully saturated rings. The van der Waals surface area contributed by atoms with Crippen LogP contribution < -0.4 is 0 Å². The summed E-state index contributed by atoms with van der Waals surface area (Å²) < 4.78 is 87.2. The van der Waals surface area contributed by atoms with Gasteiger partial charge in [0.05, 0.1) is 0 Å². The van der Waals surface area contributed by atoms with Crippen LogP contribution in [-0.2, 0) is 9.22 Å². The molecule has 0 heterocycles. The number of fused-ring (bicyclic) bond motifs is 1. The summed E-state index contributed by atoms with van der Waals surface area (Å²) in [5, 5.41) is 0. The van der Waals surface area contributed by atoms with Crippen LogP contribution in [0, 0.1) is 16.7 Å². The predicted molar refractivity (Wildman–Crippen MR) is 108 cm³/mol. The van der Waals surface area contributed by atoms with Crippen LogP contribution in [0.1, 0.15) is 51.9 Å². The van der Waals surface area contributed by atoms with Crippen molar-refractivity contribution in [3.05, 3.63) is 23.8 Å². The second-order valence-corrected chi connectivity index (χ2v) is 14.9. The zero-order valence-corrected chi connectivity index (χ0v) is 19.3. The van der Waals surface area contributed by atoms with Crippen LogP contribution in [0.15, 0.2) is 23.8 Å². The molecule has 2 saturated carbocycles. The Kier molecular flexibility index (Phi) is 5.91. The maximum atomic E-state index is 13.7. The summed E-state index contributed by atoms with van der Waals surface area (Å²) in [5.41, 5.74) is -4.03. The summed E-state index contributed by atoms with van der Waals surface area (Å²) in [6.07, 6.45) is -3.78. The topological polar surface area (TPSA) is 26.3 Å². The van der Waals surface area contributed by atoms with E-state index in [1.807, 2.05) is 13.0 Å². The number of carbonyl (C=O) groups excluding carboxylic acids is 1. The van der Waals surface area contributed by atoms with Crippen LogP contribution in [0.2, 0.25) is 19.6 Å². The van der Waals surface area contributed by atoms with E-state index in [0.29, 0.717) is 25.7 Å². The molecule has 1 unspecified atom stereocenters. The maximum Gasteiger partial charge on any atom is 0.429 e. The van der Waals surface area contributed by atoms with Crippen molar-refractivity contribution in [2.24, 2.45) is 16.7 Å². The third kappa shape index (κ3) is 4.28. The lowest BCUT2D eigenvalue weighted by molar-refractivity contribution is -0.340. The molecular formula is C22H30F6O2Si. The number of Topliss-reactive ketones (excluding diaryl/α,β-unsaturated/α-hetero) is 1. The average Bonchev–Trinajstić information content (AvgIpc) is 3.25. The normalized spacial score (nSPS) is 29.3. The number of allylic oxidation sites excluding steroid dienone is 3. The van der Waals surface area contributed by atoms with Crippen LogP contribution in [0.4, 0.5) is 26.3 Å². The largest absolute Gasteiger partial charge is 0.429 e. The van der Waals surface area contributed by atoms with Crippen molar-refractivity contribution in [2.45, 2.75) is 89.5 Å². The highest BCUT2D eigenvalue weighted by molar-refractivity contribution is 6.69. The van der Waals surface area contributed by atoms with E-state index in [9.17, 15) is 31.1 Å². The van der Waals surface area contributed by atoms with Gasteiger partial charge in [0, 0.05) is 12.3 Å². The standard InChI is InChI=1S/C22H30F6O2Si/c1-18-10-5-7-16(29)15(18)8-9-17(18)19(13-14-19)11-6-12-20(21(23,24)25,22(26,27)28)30-31(2,3)4/h6,9,12,15H,5,7-8,10-11,13-14H2,1-4H3/b12-6+/t15?,18-/m0/s1. The van der Waals surface area contributed by atoms with Crippen molar-refractivity contribution >= 4 is 14.1 Å². The first kappa shape index (κ1) is 24.5. The van der Waals surface area contributed by atoms with Gasteiger partial charge < -0.3 is 4.43 Å². The van der Waals surface area contributed by atoms with Gasteiger partial charge in [-0.25, -0.2) is 0 Å². The number of rotatable bonds is 6. The van der Waals surface area contributed by atoms with Gasteiger partial charge in [-0.15, -0.1) is 0 Å². The fourth-order valence-electron chi connectivity index (χ4n) is 5.51. The monoisotopic (exact) mass is 468 g/mol. The minimum Gasteiger partial charge on any atom is -0.394 e. The molecule has 3 aliphatic carbocycles. The Morgan fingerprint density at radius 1 is 1.10 bits per heavy atom. The van der Waals surface area contributed by atoms with Crippen molar-refractivity contribution in [1.29, 1.82) is 0 Å². The van der Waals surface area contributed by atoms with Gasteiger partial charge in [-0.1, -0.05) is 24.6 Å². The Hall–Kier alpha value is -1.09. The van der Waals surface area contributed by atoms with E-state index in [-0.39, 0.29) is 29.6 Å². The lowest BCUT2D eigenvalue weighted by Gasteiger charge is -2.41. The summed E-state index contributed by atoms with van der Waals surface area (Å²) in [7, 11) is -3.20. The molecule has 9 heteroatoms. The molecule has 2 nitrogen and oxygen atoms in total. The van der Waals surface area contributed by atoms with E-state index in [2.05, 4.69) is 0 Å². The van der Waals surface area contributed by atoms with Gasteiger partial charge in [-0.2, -0.15) is 26.3 Å². The lowest BCUT2D eigenvalue weighted by Crippen LogP contribution is -2.61. The molecule has 0 aromatic carbocycles. The average molecular weight is 469 g/mol. The quantitative estimate of drug-likeness (QED) is 0.235. The van der Waals surface area contributed by atoms with Crippen LogP contribution in [-0.4, -0.2) is 32.1 Å². The Balaban J connectivity index is 1.89. The first-order chi connectivity index (χ1) is 14.0. The number of halogens is 6. The van der Waals surface area contributed by atoms with Crippen LogP contribution in [0.5, 0.6) is 0 Å². The van der Waals surface area contributed by atoms with Gasteiger partial charge in [-0.05, 0) is 75.1 Å². The van der Waals surface area contributed by atoms with Gasteiger partial charge in [0.2, 0.25) is 0 Å². The molecule has 0 radical (unpaired) electrons. The van der Waals surface area contributed by atoms with E-state index in [1.54, 1.807) is 0 Å². The summed E-state index contributed by atoms with van der Waals surface area (Å²) in [5.74, 6) is 0.0976. The van der Waals surface area contributed by atoms with Gasteiger partial charge in [0.25, 0.3) is 5.60 Å². The van der Waals surface area contributed by atoms with E-state index in [4.69, 9.17) is 4.43 Å². The van der Waals surface area contributed by atoms with E-state index in [1.165, 1.54) is 19.6 Å². The first-order valence-corrected chi connectivity index (χ1v) is 14.1. The molecule has 31 heavy (non-hydrogen) atoms. The molecule has 0 N–H and O–H groups in total. The zero-order valence-electron chi connectivity index (χ0n) is 18.3. The highest BCUT2D eigenvalue weighted by Crippen LogP contribution is 2.66. The molecule has 176 valence electrons. The van der Waals surface area contributed by atoms with E-state index < -0.39 is 31.7 Å². The van der Waals surface area contributed by atoms with Crippen molar-refractivity contribution in [3.8, 4) is 0 Å². The van der Waals surface area contributed by atoms with Gasteiger partial charge >= 0.3 is 12.4 Å². The molecule has 0 aromatic heterocycles. The number of alkyl halides is 6. The van der Waals surface area contributed by atoms with Crippen molar-refractivity contribution < 1.29 is 35.6 Å². The summed E-state index contributed by atoms with van der Waals surface area (Å²) >= 11 is 0. The second-order valence-electron chi connectivity index (χ2n) is 10.5. The Morgan fingerprint density at radius 2 is 1.68 bits per heavy atom. The Bertz CT molecular complexity index is 771. The maximum absolute atomic E-state index is 13.7. The molecule has 3 rings (SSSR count). The second kappa shape index (κ2) is 7.47. The number of carbonyl (C=O) groups is 1. The van der Waals surface area contributed by atoms with Crippen molar-refractivity contribution in [3.63, 3.8) is 0 Å². The van der Waals surface area contributed by atoms with Gasteiger partial charge in [-0.3, -0.25) is 4.79 Å². The lowest BCUT2D eigenvalue weighted by atomic mass is 9.62. The van der Waals surface area contributed by atoms with E-state index in [0.717, 1.165) is 24.5 Å². The fourth-order valence-corrected chi connectivity index (χ4v) is 6.77. The third-order valence-electron chi connectivity index (χ3n) is 7.05. The highest BCUT2D eigenvalue weighted by Gasteiger charge is 2.71. The van der Waals surface area contributed by atoms with E-state index >= 15 is 0 Å². The summed E-state index contributed by atoms with van der Waals surface area (Å²) in [4.78, 5) is 12.4. The molecule has 3 aliphatic rings. The van der Waals surface area contributed by atoms with Crippen LogP contribution >= 0.6 is 0 Å². The molecule has 0 amide bonds. The van der Waals surface area contributed by atoms with Crippen LogP contribution in [0.3, 0.4) is 0 Å². The molecular weight excluding hydrogens is 438 g/mol. The Morgan fingerprint density at radius 3 is 2.16 bits per heavy atom. The van der Waals surface area contributed by atoms with Crippen molar-refractivity contribution in [2.75, 3.05) is 0 Å². The summed E-state index contributed by atoms with van der Waals surface area (Å²) in [6, 6.07) is 0. The number of ketones is 1. The highest BCUT2D eigenvalue weighted by atomic mass is 28.4. The number of hydrogen-bond donors (Lipinski definition) is 0. The SMILES string of the molecule is C[C@]12CCCC(=O)C1CC=C2C1(C/C=C/C(O[Si](C)(C)C)(C(F)(F)F)C(F)(F)F)CC1. The minimum absolute atomic E-state index is 0.0816. The minimum atomic E-state index is -5.63. The number of hydrogen-bond acceptors (Lipinski definition) is 2. The zero-order chi connectivity index (χ0) is 23.5. The van der Waals surface area contributed by atoms with Crippen molar-refractivity contribution in [1.82, 2.24) is 0 Å². The molecule has 0 aromatic rings. The first-order valence-electron chi connectivity index (χ1n) is 10.7. The molecule has 0 spiro atoms. The smallest absolute Gasteiger partial charge is 0.394 e. The predicted octanol–water partition coefficient (Wildman–Crippen LogP) is 7.13. The molecule has 2 atom stereocenters. The molecule has 0 bridgehead atoms.